The Morgan fingerprint density at radius 2 is 2.08 bits per heavy atom. The molecular weight excluding hydrogens is 439 g/mol. The van der Waals surface area contributed by atoms with Gasteiger partial charge < -0.3 is 15.0 Å². The van der Waals surface area contributed by atoms with Crippen LogP contribution >= 0.6 is 24.0 Å². The molecule has 2 aliphatic rings. The fraction of sp³-hybridized carbons (Fsp3) is 0.611. The highest BCUT2D eigenvalue weighted by Crippen LogP contribution is 2.43. The third kappa shape index (κ3) is 4.81. The Kier molecular flexibility index (Phi) is 7.42. The zero-order valence-corrected chi connectivity index (χ0v) is 17.0. The lowest BCUT2D eigenvalue weighted by Gasteiger charge is -2.22. The average Bonchev–Trinajstić information content (AvgIpc) is 3.15. The molecule has 0 bridgehead atoms. The van der Waals surface area contributed by atoms with Crippen LogP contribution in [0.2, 0.25) is 0 Å². The highest BCUT2D eigenvalue weighted by Gasteiger charge is 2.43. The van der Waals surface area contributed by atoms with Gasteiger partial charge in [-0.25, -0.2) is 8.78 Å². The van der Waals surface area contributed by atoms with Crippen molar-refractivity contribution in [2.45, 2.75) is 31.7 Å². The van der Waals surface area contributed by atoms with Gasteiger partial charge in [0.05, 0.1) is 6.61 Å². The topological polar surface area (TPSA) is 36.9 Å². The van der Waals surface area contributed by atoms with Crippen LogP contribution in [0.1, 0.15) is 31.2 Å². The first-order chi connectivity index (χ1) is 11.6. The van der Waals surface area contributed by atoms with Crippen LogP contribution in [0.3, 0.4) is 0 Å². The van der Waals surface area contributed by atoms with Gasteiger partial charge in [0.1, 0.15) is 11.6 Å². The van der Waals surface area contributed by atoms with Gasteiger partial charge in [-0.15, -0.1) is 24.0 Å². The highest BCUT2D eigenvalue weighted by molar-refractivity contribution is 14.0. The zero-order chi connectivity index (χ0) is 17.1. The summed E-state index contributed by atoms with van der Waals surface area (Å²) in [6.07, 6.45) is 1.81. The van der Waals surface area contributed by atoms with E-state index >= 15 is 0 Å². The maximum absolute atomic E-state index is 13.9. The van der Waals surface area contributed by atoms with Gasteiger partial charge in [0.15, 0.2) is 5.96 Å². The summed E-state index contributed by atoms with van der Waals surface area (Å²) in [6, 6.07) is 4.09. The number of halogens is 3. The number of guanidine groups is 1. The largest absolute Gasteiger partial charge is 0.381 e. The van der Waals surface area contributed by atoms with Crippen molar-refractivity contribution in [2.75, 3.05) is 33.4 Å². The summed E-state index contributed by atoms with van der Waals surface area (Å²) in [7, 11) is 1.75. The molecule has 7 heteroatoms. The predicted octanol–water partition coefficient (Wildman–Crippen LogP) is 3.37. The van der Waals surface area contributed by atoms with Gasteiger partial charge >= 0.3 is 0 Å². The Balaban J connectivity index is 0.00000225. The summed E-state index contributed by atoms with van der Waals surface area (Å²) in [5, 5.41) is 3.36. The molecule has 0 spiro atoms. The smallest absolute Gasteiger partial charge is 0.193 e. The number of nitrogens with zero attached hydrogens (tertiary/aromatic N) is 2. The third-order valence-electron chi connectivity index (χ3n) is 4.83. The van der Waals surface area contributed by atoms with Crippen LogP contribution in [-0.2, 0) is 4.74 Å². The summed E-state index contributed by atoms with van der Waals surface area (Å²) >= 11 is 0. The van der Waals surface area contributed by atoms with Crippen molar-refractivity contribution in [2.24, 2.45) is 10.9 Å². The molecule has 3 unspecified atom stereocenters. The van der Waals surface area contributed by atoms with E-state index in [0.29, 0.717) is 5.92 Å². The van der Waals surface area contributed by atoms with E-state index in [1.54, 1.807) is 7.05 Å². The van der Waals surface area contributed by atoms with Gasteiger partial charge in [-0.2, -0.15) is 0 Å². The Labute approximate surface area is 165 Å². The van der Waals surface area contributed by atoms with Crippen molar-refractivity contribution in [3.05, 3.63) is 35.4 Å². The Hall–Kier alpha value is -0.960. The Morgan fingerprint density at radius 3 is 2.72 bits per heavy atom. The van der Waals surface area contributed by atoms with Crippen molar-refractivity contribution >= 4 is 29.9 Å². The van der Waals surface area contributed by atoms with E-state index in [1.165, 1.54) is 18.2 Å². The molecule has 0 aromatic heterocycles. The molecule has 3 atom stereocenters. The number of hydrogen-bond acceptors (Lipinski definition) is 2. The second-order valence-electron chi connectivity index (χ2n) is 6.54. The number of likely N-dealkylation sites (tertiary alicyclic amines) is 1. The molecule has 0 amide bonds. The van der Waals surface area contributed by atoms with Crippen molar-refractivity contribution in [3.8, 4) is 0 Å². The summed E-state index contributed by atoms with van der Waals surface area (Å²) in [5.41, 5.74) is 0.195. The molecule has 1 N–H and O–H groups in total. The summed E-state index contributed by atoms with van der Waals surface area (Å²) in [5.74, 6) is 0.292. The van der Waals surface area contributed by atoms with Crippen LogP contribution in [0.4, 0.5) is 8.78 Å². The van der Waals surface area contributed by atoms with E-state index in [4.69, 9.17) is 4.74 Å². The van der Waals surface area contributed by atoms with Crippen LogP contribution in [0.25, 0.3) is 0 Å². The number of ether oxygens (including phenoxy) is 1. The van der Waals surface area contributed by atoms with Gasteiger partial charge in [-0.05, 0) is 31.9 Å². The molecule has 1 aliphatic carbocycles. The summed E-state index contributed by atoms with van der Waals surface area (Å²) in [4.78, 5) is 6.55. The van der Waals surface area contributed by atoms with E-state index in [-0.39, 0.29) is 41.5 Å². The van der Waals surface area contributed by atoms with Crippen LogP contribution in [0.15, 0.2) is 23.2 Å². The third-order valence-corrected chi connectivity index (χ3v) is 4.83. The van der Waals surface area contributed by atoms with Crippen LogP contribution in [-0.4, -0.2) is 50.3 Å². The standard InChI is InChI=1S/C18H25F2N3O.HI/c1-3-24-11-12-7-8-23(10-12)18(21-2)22-16-9-13(16)17-14(19)5-4-6-15(17)20;/h4-6,12-13,16H,3,7-11H2,1-2H3,(H,21,22);1H. The van der Waals surface area contributed by atoms with Gasteiger partial charge in [0, 0.05) is 50.2 Å². The summed E-state index contributed by atoms with van der Waals surface area (Å²) < 4.78 is 33.3. The second kappa shape index (κ2) is 9.12. The minimum atomic E-state index is -0.461. The van der Waals surface area contributed by atoms with E-state index < -0.39 is 11.6 Å². The molecule has 1 aliphatic heterocycles. The predicted molar refractivity (Wildman–Crippen MR) is 106 cm³/mol. The first-order valence-corrected chi connectivity index (χ1v) is 8.64. The highest BCUT2D eigenvalue weighted by atomic mass is 127. The van der Waals surface area contributed by atoms with Crippen molar-refractivity contribution in [3.63, 3.8) is 0 Å². The van der Waals surface area contributed by atoms with Gasteiger partial charge in [-0.3, -0.25) is 4.99 Å². The van der Waals surface area contributed by atoms with E-state index in [1.807, 2.05) is 6.92 Å². The maximum atomic E-state index is 13.9. The van der Waals surface area contributed by atoms with Crippen LogP contribution in [0, 0.1) is 17.6 Å². The molecule has 140 valence electrons. The molecule has 25 heavy (non-hydrogen) atoms. The van der Waals surface area contributed by atoms with Gasteiger partial charge in [0.2, 0.25) is 0 Å². The SMILES string of the molecule is CCOCC1CCN(C(=NC)NC2CC2c2c(F)cccc2F)C1.I. The Morgan fingerprint density at radius 1 is 1.36 bits per heavy atom. The van der Waals surface area contributed by atoms with E-state index in [2.05, 4.69) is 15.2 Å². The first-order valence-electron chi connectivity index (χ1n) is 8.64. The second-order valence-corrected chi connectivity index (χ2v) is 6.54. The van der Waals surface area contributed by atoms with Gasteiger partial charge in [-0.1, -0.05) is 6.07 Å². The van der Waals surface area contributed by atoms with Crippen molar-refractivity contribution in [1.82, 2.24) is 10.2 Å². The number of benzene rings is 1. The fourth-order valence-corrected chi connectivity index (χ4v) is 3.45. The van der Waals surface area contributed by atoms with Crippen molar-refractivity contribution in [1.29, 1.82) is 0 Å². The number of hydrogen-bond donors (Lipinski definition) is 1. The monoisotopic (exact) mass is 465 g/mol. The zero-order valence-electron chi connectivity index (χ0n) is 14.7. The molecule has 1 aromatic rings. The molecule has 2 fully saturated rings. The lowest BCUT2D eigenvalue weighted by atomic mass is 10.1. The molecule has 1 saturated carbocycles. The molecule has 1 aromatic carbocycles. The molecule has 0 radical (unpaired) electrons. The minimum Gasteiger partial charge on any atom is -0.381 e. The minimum absolute atomic E-state index is 0. The van der Waals surface area contributed by atoms with Gasteiger partial charge in [0.25, 0.3) is 0 Å². The first kappa shape index (κ1) is 20.4. The molecule has 1 saturated heterocycles. The van der Waals surface area contributed by atoms with Crippen LogP contribution < -0.4 is 5.32 Å². The van der Waals surface area contributed by atoms with E-state index in [9.17, 15) is 8.78 Å². The normalized spacial score (nSPS) is 25.7. The van der Waals surface area contributed by atoms with E-state index in [0.717, 1.165) is 45.1 Å². The number of aliphatic imine (C=N–C) groups is 1. The lowest BCUT2D eigenvalue weighted by Crippen LogP contribution is -2.41. The molecule has 4 nitrogen and oxygen atoms in total. The lowest BCUT2D eigenvalue weighted by molar-refractivity contribution is 0.114. The summed E-state index contributed by atoms with van der Waals surface area (Å²) in [6.45, 7) is 5.36. The Bertz CT molecular complexity index is 594. The maximum Gasteiger partial charge on any atom is 0.193 e. The average molecular weight is 465 g/mol. The number of rotatable bonds is 5. The quantitative estimate of drug-likeness (QED) is 0.412. The van der Waals surface area contributed by atoms with Crippen molar-refractivity contribution < 1.29 is 13.5 Å². The fourth-order valence-electron chi connectivity index (χ4n) is 3.45. The van der Waals surface area contributed by atoms with Crippen LogP contribution in [0.5, 0.6) is 0 Å². The molecule has 3 rings (SSSR count). The molecule has 1 heterocycles. The number of nitrogens with one attached hydrogen (secondary N) is 1. The molecular formula is C18H26F2IN3O.